The van der Waals surface area contributed by atoms with Gasteiger partial charge in [-0.2, -0.15) is 0 Å². The van der Waals surface area contributed by atoms with Crippen LogP contribution < -0.4 is 10.6 Å². The number of amides is 2. The molecule has 3 aromatic carbocycles. The first-order valence-electron chi connectivity index (χ1n) is 9.64. The van der Waals surface area contributed by atoms with E-state index in [1.807, 2.05) is 0 Å². The Morgan fingerprint density at radius 1 is 0.500 bits per heavy atom. The van der Waals surface area contributed by atoms with Gasteiger partial charge in [-0.25, -0.2) is 9.59 Å². The monoisotopic (exact) mass is 432 g/mol. The maximum absolute atomic E-state index is 12.3. The van der Waals surface area contributed by atoms with Gasteiger partial charge in [0.25, 0.3) is 11.8 Å². The van der Waals surface area contributed by atoms with E-state index in [1.54, 1.807) is 48.5 Å². The second kappa shape index (κ2) is 10.0. The van der Waals surface area contributed by atoms with Gasteiger partial charge < -0.3 is 20.8 Å². The number of nitrogens with one attached hydrogen (secondary N) is 2. The third-order valence-electron chi connectivity index (χ3n) is 4.72. The van der Waals surface area contributed by atoms with Crippen LogP contribution in [0.3, 0.4) is 0 Å². The predicted octanol–water partition coefficient (Wildman–Crippen LogP) is 2.94. The van der Waals surface area contributed by atoms with Gasteiger partial charge in [-0.3, -0.25) is 9.59 Å². The topological polar surface area (TPSA) is 133 Å². The molecule has 3 aromatic rings. The number of carboxylic acids is 2. The highest BCUT2D eigenvalue weighted by molar-refractivity contribution is 5.97. The molecule has 8 heteroatoms. The van der Waals surface area contributed by atoms with Crippen molar-refractivity contribution in [1.29, 1.82) is 0 Å². The summed E-state index contributed by atoms with van der Waals surface area (Å²) in [6.07, 6.45) is 0. The first-order valence-corrected chi connectivity index (χ1v) is 9.64. The number of aromatic carboxylic acids is 2. The number of rotatable bonds is 8. The predicted molar refractivity (Wildman–Crippen MR) is 116 cm³/mol. The Morgan fingerprint density at radius 3 is 1.06 bits per heavy atom. The lowest BCUT2D eigenvalue weighted by Gasteiger charge is -2.08. The molecule has 0 unspecified atom stereocenters. The Bertz CT molecular complexity index is 1040. The Labute approximate surface area is 183 Å². The molecular formula is C24H20N2O6. The fourth-order valence-electron chi connectivity index (χ4n) is 2.87. The number of hydrogen-bond acceptors (Lipinski definition) is 4. The lowest BCUT2D eigenvalue weighted by atomic mass is 10.1. The molecule has 2 amide bonds. The summed E-state index contributed by atoms with van der Waals surface area (Å²) < 4.78 is 0. The van der Waals surface area contributed by atoms with Crippen LogP contribution in [0.5, 0.6) is 0 Å². The molecule has 0 saturated carbocycles. The molecule has 0 bridgehead atoms. The standard InChI is InChI=1S/C24H20N2O6/c27-21(25-13-15-1-5-19(6-2-15)23(29)30)17-9-11-18(12-10-17)22(28)26-14-16-3-7-20(8-4-16)24(31)32/h1-12H,13-14H2,(H,25,27)(H,26,28)(H,29,30)(H,31,32). The van der Waals surface area contributed by atoms with Crippen LogP contribution in [0.4, 0.5) is 0 Å². The van der Waals surface area contributed by atoms with Gasteiger partial charge in [-0.1, -0.05) is 24.3 Å². The molecule has 0 spiro atoms. The Hall–Kier alpha value is -4.46. The average molecular weight is 432 g/mol. The summed E-state index contributed by atoms with van der Waals surface area (Å²) in [7, 11) is 0. The van der Waals surface area contributed by atoms with Crippen molar-refractivity contribution in [3.8, 4) is 0 Å². The SMILES string of the molecule is O=C(O)c1ccc(CNC(=O)c2ccc(C(=O)NCc3ccc(C(=O)O)cc3)cc2)cc1. The molecule has 0 aliphatic carbocycles. The zero-order valence-corrected chi connectivity index (χ0v) is 16.9. The zero-order valence-electron chi connectivity index (χ0n) is 16.9. The van der Waals surface area contributed by atoms with Gasteiger partial charge in [0.05, 0.1) is 11.1 Å². The minimum absolute atomic E-state index is 0.172. The third kappa shape index (κ3) is 5.79. The van der Waals surface area contributed by atoms with Crippen LogP contribution >= 0.6 is 0 Å². The van der Waals surface area contributed by atoms with Gasteiger partial charge in [0.15, 0.2) is 0 Å². The van der Waals surface area contributed by atoms with E-state index in [1.165, 1.54) is 24.3 Å². The summed E-state index contributed by atoms with van der Waals surface area (Å²) in [6, 6.07) is 18.6. The van der Waals surface area contributed by atoms with Crippen molar-refractivity contribution in [3.63, 3.8) is 0 Å². The first kappa shape index (κ1) is 22.2. The van der Waals surface area contributed by atoms with Crippen molar-refractivity contribution >= 4 is 23.8 Å². The summed E-state index contributed by atoms with van der Waals surface area (Å²) in [5, 5.41) is 23.3. The van der Waals surface area contributed by atoms with E-state index >= 15 is 0 Å². The third-order valence-corrected chi connectivity index (χ3v) is 4.72. The minimum Gasteiger partial charge on any atom is -0.478 e. The summed E-state index contributed by atoms with van der Waals surface area (Å²) >= 11 is 0. The van der Waals surface area contributed by atoms with Gasteiger partial charge in [-0.15, -0.1) is 0 Å². The molecule has 0 aliphatic heterocycles. The van der Waals surface area contributed by atoms with E-state index < -0.39 is 11.9 Å². The molecule has 0 saturated heterocycles. The van der Waals surface area contributed by atoms with Crippen molar-refractivity contribution in [2.75, 3.05) is 0 Å². The Balaban J connectivity index is 1.51. The van der Waals surface area contributed by atoms with E-state index in [9.17, 15) is 19.2 Å². The summed E-state index contributed by atoms with van der Waals surface area (Å²) in [5.41, 5.74) is 2.63. The zero-order chi connectivity index (χ0) is 23.1. The number of carbonyl (C=O) groups is 4. The number of carbonyl (C=O) groups excluding carboxylic acids is 2. The van der Waals surface area contributed by atoms with Gasteiger partial charge in [-0.05, 0) is 59.7 Å². The Kier molecular flexibility index (Phi) is 6.97. The van der Waals surface area contributed by atoms with Crippen LogP contribution in [-0.2, 0) is 13.1 Å². The van der Waals surface area contributed by atoms with E-state index in [4.69, 9.17) is 10.2 Å². The minimum atomic E-state index is -1.01. The summed E-state index contributed by atoms with van der Waals surface area (Å²) in [4.78, 5) is 46.4. The van der Waals surface area contributed by atoms with Crippen LogP contribution in [0.2, 0.25) is 0 Å². The highest BCUT2D eigenvalue weighted by Gasteiger charge is 2.10. The van der Waals surface area contributed by atoms with E-state index in [0.29, 0.717) is 11.1 Å². The van der Waals surface area contributed by atoms with E-state index in [2.05, 4.69) is 10.6 Å². The fraction of sp³-hybridized carbons (Fsp3) is 0.0833. The van der Waals surface area contributed by atoms with Gasteiger partial charge in [0.2, 0.25) is 0 Å². The normalized spacial score (nSPS) is 10.2. The van der Waals surface area contributed by atoms with Crippen LogP contribution in [0.15, 0.2) is 72.8 Å². The maximum atomic E-state index is 12.3. The number of hydrogen-bond donors (Lipinski definition) is 4. The molecule has 0 atom stereocenters. The highest BCUT2D eigenvalue weighted by atomic mass is 16.4. The van der Waals surface area contributed by atoms with Crippen molar-refractivity contribution in [2.45, 2.75) is 13.1 Å². The highest BCUT2D eigenvalue weighted by Crippen LogP contribution is 2.08. The van der Waals surface area contributed by atoms with Crippen LogP contribution in [0, 0.1) is 0 Å². The lowest BCUT2D eigenvalue weighted by molar-refractivity contribution is 0.0686. The van der Waals surface area contributed by atoms with Gasteiger partial charge in [0, 0.05) is 24.2 Å². The van der Waals surface area contributed by atoms with Crippen LogP contribution in [0.25, 0.3) is 0 Å². The van der Waals surface area contributed by atoms with Gasteiger partial charge in [0.1, 0.15) is 0 Å². The van der Waals surface area contributed by atoms with Gasteiger partial charge >= 0.3 is 11.9 Å². The molecule has 0 radical (unpaired) electrons. The summed E-state index contributed by atoms with van der Waals surface area (Å²) in [6.45, 7) is 0.475. The van der Waals surface area contributed by atoms with Crippen molar-refractivity contribution in [3.05, 3.63) is 106 Å². The summed E-state index contributed by atoms with van der Waals surface area (Å²) in [5.74, 6) is -2.67. The Morgan fingerprint density at radius 2 is 0.781 bits per heavy atom. The van der Waals surface area contributed by atoms with Crippen molar-refractivity contribution < 1.29 is 29.4 Å². The molecule has 32 heavy (non-hydrogen) atoms. The molecule has 8 nitrogen and oxygen atoms in total. The molecule has 162 valence electrons. The van der Waals surface area contributed by atoms with Crippen LogP contribution in [0.1, 0.15) is 52.6 Å². The molecule has 0 fully saturated rings. The first-order chi connectivity index (χ1) is 15.3. The molecule has 0 aromatic heterocycles. The van der Waals surface area contributed by atoms with Crippen molar-refractivity contribution in [2.24, 2.45) is 0 Å². The molecule has 3 rings (SSSR count). The maximum Gasteiger partial charge on any atom is 0.335 e. The molecule has 4 N–H and O–H groups in total. The molecular weight excluding hydrogens is 412 g/mol. The quantitative estimate of drug-likeness (QED) is 0.433. The second-order valence-electron chi connectivity index (χ2n) is 6.95. The molecule has 0 heterocycles. The lowest BCUT2D eigenvalue weighted by Crippen LogP contribution is -2.24. The van der Waals surface area contributed by atoms with Crippen LogP contribution in [-0.4, -0.2) is 34.0 Å². The second-order valence-corrected chi connectivity index (χ2v) is 6.95. The fourth-order valence-corrected chi connectivity index (χ4v) is 2.87. The smallest absolute Gasteiger partial charge is 0.335 e. The number of benzene rings is 3. The van der Waals surface area contributed by atoms with E-state index in [0.717, 1.165) is 11.1 Å². The average Bonchev–Trinajstić information content (AvgIpc) is 2.81. The largest absolute Gasteiger partial charge is 0.478 e. The van der Waals surface area contributed by atoms with Crippen molar-refractivity contribution in [1.82, 2.24) is 10.6 Å². The van der Waals surface area contributed by atoms with E-state index in [-0.39, 0.29) is 36.0 Å². The molecule has 0 aliphatic rings. The number of carboxylic acid groups (broad SMARTS) is 2.